The molecular formula is C30H41O8P. The lowest BCUT2D eigenvalue weighted by Crippen LogP contribution is -2.57. The van der Waals surface area contributed by atoms with Crippen molar-refractivity contribution >= 4 is 20.5 Å². The monoisotopic (exact) mass is 560 g/mol. The van der Waals surface area contributed by atoms with Crippen molar-refractivity contribution in [3.63, 3.8) is 0 Å². The maximum atomic E-state index is 13.4. The SMILES string of the molecule is CC[C@@H](OC(C)=O)[C@@H](C)C1O[C@](OP(Oc2ccc(C)cc2)Oc2ccc(C)cc2)(C(=O)OC)C[C@@H](C)[C@H]1C. The molecule has 3 rings (SSSR count). The van der Waals surface area contributed by atoms with Gasteiger partial charge < -0.3 is 23.3 Å². The predicted molar refractivity (Wildman–Crippen MR) is 149 cm³/mol. The Morgan fingerprint density at radius 1 is 1.00 bits per heavy atom. The van der Waals surface area contributed by atoms with Gasteiger partial charge in [-0.3, -0.25) is 4.79 Å². The Bertz CT molecular complexity index is 1040. The summed E-state index contributed by atoms with van der Waals surface area (Å²) >= 11 is 0. The standard InChI is InChI=1S/C30H41O8P/c1-9-27(34-24(7)31)23(6)28-22(5)21(4)18-30(35-28,29(32)33-8)38-39(36-25-14-10-19(2)11-15-25)37-26-16-12-20(3)13-17-26/h10-17,21-23,27-28H,9,18H2,1-8H3/t21-,22-,23-,27-,28?,30-/m1/s1. The van der Waals surface area contributed by atoms with Crippen LogP contribution in [0.3, 0.4) is 0 Å². The van der Waals surface area contributed by atoms with Crippen LogP contribution in [0, 0.1) is 31.6 Å². The third-order valence-corrected chi connectivity index (χ3v) is 8.44. The molecule has 0 amide bonds. The largest absolute Gasteiger partial charge is 0.466 e. The van der Waals surface area contributed by atoms with Gasteiger partial charge in [-0.05, 0) is 56.4 Å². The van der Waals surface area contributed by atoms with Crippen molar-refractivity contribution in [3.8, 4) is 11.5 Å². The lowest BCUT2D eigenvalue weighted by Gasteiger charge is -2.47. The molecule has 1 saturated heterocycles. The van der Waals surface area contributed by atoms with Gasteiger partial charge in [0.2, 0.25) is 0 Å². The molecule has 2 aromatic carbocycles. The molecule has 0 spiro atoms. The van der Waals surface area contributed by atoms with Crippen LogP contribution in [-0.4, -0.2) is 37.0 Å². The highest BCUT2D eigenvalue weighted by Gasteiger charge is 2.56. The van der Waals surface area contributed by atoms with E-state index in [2.05, 4.69) is 6.92 Å². The van der Waals surface area contributed by atoms with Crippen LogP contribution in [0.1, 0.15) is 58.6 Å². The zero-order valence-corrected chi connectivity index (χ0v) is 25.0. The summed E-state index contributed by atoms with van der Waals surface area (Å²) in [4.78, 5) is 25.2. The first-order chi connectivity index (χ1) is 18.5. The van der Waals surface area contributed by atoms with Crippen molar-refractivity contribution in [1.82, 2.24) is 0 Å². The summed E-state index contributed by atoms with van der Waals surface area (Å²) in [5, 5.41) is 0. The molecule has 214 valence electrons. The average Bonchev–Trinajstić information content (AvgIpc) is 2.90. The molecule has 0 aliphatic carbocycles. The number of rotatable bonds is 11. The predicted octanol–water partition coefficient (Wildman–Crippen LogP) is 6.91. The number of benzene rings is 2. The van der Waals surface area contributed by atoms with E-state index in [1.807, 2.05) is 83.1 Å². The van der Waals surface area contributed by atoms with E-state index in [9.17, 15) is 9.59 Å². The van der Waals surface area contributed by atoms with E-state index in [1.165, 1.54) is 14.0 Å². The van der Waals surface area contributed by atoms with Crippen LogP contribution in [0.5, 0.6) is 11.5 Å². The van der Waals surface area contributed by atoms with E-state index in [4.69, 9.17) is 27.8 Å². The van der Waals surface area contributed by atoms with Gasteiger partial charge in [0, 0.05) is 19.3 Å². The minimum Gasteiger partial charge on any atom is -0.465 e. The van der Waals surface area contributed by atoms with Crippen LogP contribution in [0.2, 0.25) is 0 Å². The zero-order valence-electron chi connectivity index (χ0n) is 24.1. The Hall–Kier alpha value is -2.67. The van der Waals surface area contributed by atoms with Gasteiger partial charge in [-0.2, -0.15) is 0 Å². The Morgan fingerprint density at radius 3 is 1.95 bits per heavy atom. The second-order valence-electron chi connectivity index (χ2n) is 10.4. The molecule has 9 heteroatoms. The number of carbonyl (C=O) groups excluding carboxylic acids is 2. The van der Waals surface area contributed by atoms with E-state index in [0.29, 0.717) is 17.9 Å². The lowest BCUT2D eigenvalue weighted by molar-refractivity contribution is -0.278. The Balaban J connectivity index is 1.97. The number of carbonyl (C=O) groups is 2. The highest BCUT2D eigenvalue weighted by molar-refractivity contribution is 7.42. The second kappa shape index (κ2) is 13.6. The molecule has 1 unspecified atom stereocenters. The number of hydrogen-bond acceptors (Lipinski definition) is 8. The van der Waals surface area contributed by atoms with Gasteiger partial charge in [0.25, 0.3) is 5.79 Å². The van der Waals surface area contributed by atoms with Crippen molar-refractivity contribution < 1.29 is 37.4 Å². The van der Waals surface area contributed by atoms with Gasteiger partial charge in [-0.15, -0.1) is 0 Å². The summed E-state index contributed by atoms with van der Waals surface area (Å²) in [6.45, 7) is 13.4. The normalized spacial score (nSPS) is 24.5. The first kappa shape index (κ1) is 30.9. The van der Waals surface area contributed by atoms with Crippen molar-refractivity contribution in [1.29, 1.82) is 0 Å². The van der Waals surface area contributed by atoms with Gasteiger partial charge in [-0.25, -0.2) is 9.32 Å². The van der Waals surface area contributed by atoms with Gasteiger partial charge >= 0.3 is 20.5 Å². The summed E-state index contributed by atoms with van der Waals surface area (Å²) in [7, 11) is -0.857. The molecule has 1 fully saturated rings. The molecule has 8 nitrogen and oxygen atoms in total. The summed E-state index contributed by atoms with van der Waals surface area (Å²) in [5.74, 6) is -1.91. The summed E-state index contributed by atoms with van der Waals surface area (Å²) < 4.78 is 36.1. The van der Waals surface area contributed by atoms with Crippen molar-refractivity contribution in [2.24, 2.45) is 17.8 Å². The van der Waals surface area contributed by atoms with Crippen molar-refractivity contribution in [3.05, 3.63) is 59.7 Å². The quantitative estimate of drug-likeness (QED) is 0.216. The second-order valence-corrected chi connectivity index (χ2v) is 11.4. The van der Waals surface area contributed by atoms with Crippen LogP contribution < -0.4 is 9.05 Å². The first-order valence-corrected chi connectivity index (χ1v) is 14.5. The lowest BCUT2D eigenvalue weighted by atomic mass is 9.76. The van der Waals surface area contributed by atoms with Gasteiger partial charge in [0.1, 0.15) is 17.6 Å². The zero-order chi connectivity index (χ0) is 28.7. The van der Waals surface area contributed by atoms with E-state index in [1.54, 1.807) is 0 Å². The average molecular weight is 561 g/mol. The van der Waals surface area contributed by atoms with Crippen LogP contribution in [-0.2, 0) is 28.3 Å². The summed E-state index contributed by atoms with van der Waals surface area (Å²) in [5.41, 5.74) is 2.15. The van der Waals surface area contributed by atoms with Crippen molar-refractivity contribution in [2.75, 3.05) is 7.11 Å². The van der Waals surface area contributed by atoms with E-state index >= 15 is 0 Å². The van der Waals surface area contributed by atoms with E-state index in [-0.39, 0.29) is 36.2 Å². The molecular weight excluding hydrogens is 519 g/mol. The Kier molecular flexibility index (Phi) is 10.8. The molecule has 0 aromatic heterocycles. The molecule has 1 heterocycles. The fraction of sp³-hybridized carbons (Fsp3) is 0.533. The first-order valence-electron chi connectivity index (χ1n) is 13.4. The molecule has 1 aliphatic heterocycles. The third kappa shape index (κ3) is 7.93. The van der Waals surface area contributed by atoms with Crippen LogP contribution in [0.4, 0.5) is 0 Å². The van der Waals surface area contributed by atoms with Crippen LogP contribution >= 0.6 is 8.60 Å². The van der Waals surface area contributed by atoms with Gasteiger partial charge in [0.05, 0.1) is 13.2 Å². The smallest absolute Gasteiger partial charge is 0.465 e. The van der Waals surface area contributed by atoms with E-state index < -0.39 is 26.5 Å². The molecule has 0 N–H and O–H groups in total. The minimum atomic E-state index is -2.16. The number of esters is 2. The fourth-order valence-electron chi connectivity index (χ4n) is 4.81. The minimum absolute atomic E-state index is 0.00994. The maximum absolute atomic E-state index is 13.4. The summed E-state index contributed by atoms with van der Waals surface area (Å²) in [6.07, 6.45) is -0.00697. The van der Waals surface area contributed by atoms with Gasteiger partial charge in [0.15, 0.2) is 0 Å². The number of methoxy groups -OCH3 is 1. The fourth-order valence-corrected chi connectivity index (χ4v) is 5.94. The summed E-state index contributed by atoms with van der Waals surface area (Å²) in [6, 6.07) is 15.0. The van der Waals surface area contributed by atoms with Crippen LogP contribution in [0.25, 0.3) is 0 Å². The third-order valence-electron chi connectivity index (χ3n) is 7.28. The maximum Gasteiger partial charge on any atom is 0.466 e. The molecule has 39 heavy (non-hydrogen) atoms. The topological polar surface area (TPSA) is 89.5 Å². The van der Waals surface area contributed by atoms with Gasteiger partial charge in [-0.1, -0.05) is 63.1 Å². The Morgan fingerprint density at radius 2 is 1.51 bits per heavy atom. The molecule has 0 saturated carbocycles. The Labute approximate surface area is 233 Å². The molecule has 1 aliphatic rings. The molecule has 2 aromatic rings. The molecule has 0 bridgehead atoms. The van der Waals surface area contributed by atoms with Crippen molar-refractivity contribution in [2.45, 2.75) is 79.3 Å². The molecule has 6 atom stereocenters. The number of hydrogen-bond donors (Lipinski definition) is 0. The highest BCUT2D eigenvalue weighted by Crippen LogP contribution is 2.51. The highest BCUT2D eigenvalue weighted by atomic mass is 31.2. The van der Waals surface area contributed by atoms with E-state index in [0.717, 1.165) is 11.1 Å². The molecule has 0 radical (unpaired) electrons. The van der Waals surface area contributed by atoms with Crippen LogP contribution in [0.15, 0.2) is 48.5 Å². The number of aryl methyl sites for hydroxylation is 2. The number of ether oxygens (including phenoxy) is 3.